The van der Waals surface area contributed by atoms with E-state index in [-0.39, 0.29) is 5.54 Å². The number of carbonyl (C=O) groups excluding carboxylic acids is 1. The fraction of sp³-hybridized carbons (Fsp3) is 0.625. The first-order chi connectivity index (χ1) is 9.29. The Morgan fingerprint density at radius 1 is 1.11 bits per heavy atom. The Kier molecular flexibility index (Phi) is 2.44. The van der Waals surface area contributed by atoms with Gasteiger partial charge in [-0.3, -0.25) is 9.69 Å². The van der Waals surface area contributed by atoms with E-state index in [1.807, 2.05) is 23.1 Å². The highest BCUT2D eigenvalue weighted by Crippen LogP contribution is 2.57. The molecule has 4 aliphatic rings. The summed E-state index contributed by atoms with van der Waals surface area (Å²) in [6.45, 7) is 0. The first-order valence-corrected chi connectivity index (χ1v) is 7.45. The second-order valence-electron chi connectivity index (χ2n) is 6.81. The van der Waals surface area contributed by atoms with Crippen LogP contribution in [0.2, 0.25) is 0 Å². The fourth-order valence-corrected chi connectivity index (χ4v) is 5.27. The molecule has 4 saturated carbocycles. The molecule has 0 atom stereocenters. The molecule has 0 saturated heterocycles. The van der Waals surface area contributed by atoms with E-state index in [4.69, 9.17) is 0 Å². The van der Waals surface area contributed by atoms with E-state index in [1.165, 1.54) is 38.5 Å². The van der Waals surface area contributed by atoms with Gasteiger partial charge in [-0.15, -0.1) is 0 Å². The van der Waals surface area contributed by atoms with Gasteiger partial charge in [-0.25, -0.2) is 4.98 Å². The first-order valence-electron chi connectivity index (χ1n) is 7.45. The van der Waals surface area contributed by atoms with Crippen molar-refractivity contribution in [2.45, 2.75) is 44.1 Å². The summed E-state index contributed by atoms with van der Waals surface area (Å²) < 4.78 is 0. The van der Waals surface area contributed by atoms with Crippen molar-refractivity contribution in [1.29, 1.82) is 0 Å². The van der Waals surface area contributed by atoms with Gasteiger partial charge in [0.05, 0.1) is 0 Å². The van der Waals surface area contributed by atoms with Crippen molar-refractivity contribution in [3.63, 3.8) is 0 Å². The van der Waals surface area contributed by atoms with Gasteiger partial charge in [-0.1, -0.05) is 6.07 Å². The predicted molar refractivity (Wildman–Crippen MR) is 73.7 cm³/mol. The lowest BCUT2D eigenvalue weighted by Gasteiger charge is -2.59. The minimum absolute atomic E-state index is 0.0743. The third-order valence-electron chi connectivity index (χ3n) is 5.52. The van der Waals surface area contributed by atoms with Crippen LogP contribution in [-0.4, -0.2) is 16.9 Å². The summed E-state index contributed by atoms with van der Waals surface area (Å²) in [6.07, 6.45) is 10.6. The molecule has 3 heteroatoms. The zero-order chi connectivity index (χ0) is 12.9. The lowest BCUT2D eigenvalue weighted by molar-refractivity contribution is -0.111. The summed E-state index contributed by atoms with van der Waals surface area (Å²) in [4.78, 5) is 18.1. The molecule has 1 heterocycles. The Morgan fingerprint density at radius 2 is 1.74 bits per heavy atom. The number of pyridine rings is 1. The molecule has 1 aromatic heterocycles. The highest BCUT2D eigenvalue weighted by atomic mass is 16.1. The van der Waals surface area contributed by atoms with E-state index in [2.05, 4.69) is 4.98 Å². The molecule has 1 aromatic rings. The van der Waals surface area contributed by atoms with Crippen LogP contribution in [0.15, 0.2) is 24.4 Å². The van der Waals surface area contributed by atoms with E-state index in [1.54, 1.807) is 6.20 Å². The molecule has 0 N–H and O–H groups in total. The Balaban J connectivity index is 1.72. The van der Waals surface area contributed by atoms with Gasteiger partial charge in [-0.05, 0) is 68.4 Å². The van der Waals surface area contributed by atoms with Crippen LogP contribution >= 0.6 is 0 Å². The van der Waals surface area contributed by atoms with Gasteiger partial charge in [0.1, 0.15) is 5.82 Å². The minimum atomic E-state index is 0.0743. The Labute approximate surface area is 114 Å². The lowest BCUT2D eigenvalue weighted by atomic mass is 9.52. The Bertz CT molecular complexity index is 449. The number of carbonyl (C=O) groups is 1. The van der Waals surface area contributed by atoms with Crippen molar-refractivity contribution in [1.82, 2.24) is 4.98 Å². The van der Waals surface area contributed by atoms with Crippen molar-refractivity contribution >= 4 is 12.2 Å². The SMILES string of the molecule is O=CN(c1ccccn1)C12CC3CC(CC(C3)C1)C2. The molecule has 0 unspecified atom stereocenters. The van der Waals surface area contributed by atoms with Gasteiger partial charge < -0.3 is 0 Å². The number of rotatable bonds is 3. The number of hydrogen-bond donors (Lipinski definition) is 0. The summed E-state index contributed by atoms with van der Waals surface area (Å²) in [7, 11) is 0. The van der Waals surface area contributed by atoms with Crippen LogP contribution in [-0.2, 0) is 4.79 Å². The minimum Gasteiger partial charge on any atom is -0.293 e. The van der Waals surface area contributed by atoms with Gasteiger partial charge in [0, 0.05) is 11.7 Å². The highest BCUT2D eigenvalue weighted by Gasteiger charge is 2.54. The fourth-order valence-electron chi connectivity index (χ4n) is 5.27. The van der Waals surface area contributed by atoms with Gasteiger partial charge in [0.2, 0.25) is 6.41 Å². The van der Waals surface area contributed by atoms with Crippen molar-refractivity contribution < 1.29 is 4.79 Å². The second-order valence-corrected chi connectivity index (χ2v) is 6.81. The van der Waals surface area contributed by atoms with Crippen molar-refractivity contribution in [2.24, 2.45) is 17.8 Å². The van der Waals surface area contributed by atoms with Crippen molar-refractivity contribution in [2.75, 3.05) is 4.90 Å². The van der Waals surface area contributed by atoms with Crippen LogP contribution in [0.3, 0.4) is 0 Å². The standard InChI is InChI=1S/C16H20N2O/c19-11-18(15-3-1-2-4-17-15)16-8-12-5-13(9-16)7-14(6-12)10-16/h1-4,11-14H,5-10H2. The molecule has 0 aliphatic heterocycles. The maximum atomic E-state index is 11.7. The molecule has 0 spiro atoms. The van der Waals surface area contributed by atoms with Gasteiger partial charge in [0.25, 0.3) is 0 Å². The van der Waals surface area contributed by atoms with Crippen molar-refractivity contribution in [3.8, 4) is 0 Å². The van der Waals surface area contributed by atoms with E-state index in [0.29, 0.717) is 0 Å². The normalized spacial score (nSPS) is 39.3. The van der Waals surface area contributed by atoms with Crippen LogP contribution in [0.25, 0.3) is 0 Å². The number of anilines is 1. The lowest BCUT2D eigenvalue weighted by Crippen LogP contribution is -2.60. The maximum absolute atomic E-state index is 11.7. The van der Waals surface area contributed by atoms with E-state index in [0.717, 1.165) is 30.0 Å². The predicted octanol–water partition coefficient (Wildman–Crippen LogP) is 3.01. The summed E-state index contributed by atoms with van der Waals surface area (Å²) >= 11 is 0. The smallest absolute Gasteiger partial charge is 0.215 e. The number of hydrogen-bond acceptors (Lipinski definition) is 2. The molecule has 100 valence electrons. The quantitative estimate of drug-likeness (QED) is 0.779. The monoisotopic (exact) mass is 256 g/mol. The number of amides is 1. The molecule has 1 amide bonds. The summed E-state index contributed by atoms with van der Waals surface area (Å²) in [5.41, 5.74) is 0.0743. The van der Waals surface area contributed by atoms with Crippen molar-refractivity contribution in [3.05, 3.63) is 24.4 Å². The molecule has 3 nitrogen and oxygen atoms in total. The molecule has 19 heavy (non-hydrogen) atoms. The van der Waals surface area contributed by atoms with Gasteiger partial charge in [-0.2, -0.15) is 0 Å². The van der Waals surface area contributed by atoms with E-state index in [9.17, 15) is 4.79 Å². The molecule has 4 fully saturated rings. The maximum Gasteiger partial charge on any atom is 0.215 e. The zero-order valence-electron chi connectivity index (χ0n) is 11.2. The molecular formula is C16H20N2O. The Hall–Kier alpha value is -1.38. The molecule has 4 bridgehead atoms. The average molecular weight is 256 g/mol. The van der Waals surface area contributed by atoms with Crippen LogP contribution < -0.4 is 4.90 Å². The largest absolute Gasteiger partial charge is 0.293 e. The van der Waals surface area contributed by atoms with E-state index >= 15 is 0 Å². The van der Waals surface area contributed by atoms with E-state index < -0.39 is 0 Å². The summed E-state index contributed by atoms with van der Waals surface area (Å²) in [5, 5.41) is 0. The van der Waals surface area contributed by atoms with Crippen LogP contribution in [0.5, 0.6) is 0 Å². The van der Waals surface area contributed by atoms with Crippen LogP contribution in [0.1, 0.15) is 38.5 Å². The highest BCUT2D eigenvalue weighted by molar-refractivity contribution is 5.75. The zero-order valence-corrected chi connectivity index (χ0v) is 11.2. The molecule has 5 rings (SSSR count). The topological polar surface area (TPSA) is 33.2 Å². The molecule has 4 aliphatic carbocycles. The molecule has 0 radical (unpaired) electrons. The third-order valence-corrected chi connectivity index (χ3v) is 5.52. The first kappa shape index (κ1) is 11.4. The third kappa shape index (κ3) is 1.71. The van der Waals surface area contributed by atoms with Crippen LogP contribution in [0.4, 0.5) is 5.82 Å². The number of nitrogens with zero attached hydrogens (tertiary/aromatic N) is 2. The summed E-state index contributed by atoms with van der Waals surface area (Å²) in [6, 6.07) is 5.85. The second kappa shape index (κ2) is 4.06. The Morgan fingerprint density at radius 3 is 2.21 bits per heavy atom. The average Bonchev–Trinajstić information content (AvgIpc) is 2.38. The van der Waals surface area contributed by atoms with Gasteiger partial charge >= 0.3 is 0 Å². The number of aromatic nitrogens is 1. The molecule has 0 aromatic carbocycles. The van der Waals surface area contributed by atoms with Crippen LogP contribution in [0, 0.1) is 17.8 Å². The molecular weight excluding hydrogens is 236 g/mol. The summed E-state index contributed by atoms with van der Waals surface area (Å²) in [5.74, 6) is 3.37. The van der Waals surface area contributed by atoms with Gasteiger partial charge in [0.15, 0.2) is 0 Å².